The van der Waals surface area contributed by atoms with Crippen LogP contribution in [0.4, 0.5) is 17.2 Å². The first-order valence-corrected chi connectivity index (χ1v) is 11.1. The number of nitrogen functional groups attached to an aromatic ring is 1. The fraction of sp³-hybridized carbons (Fsp3) is 0.292. The number of nitrogens with two attached hydrogens (primary N) is 1. The number of benzene rings is 2. The number of nitro groups is 1. The lowest BCUT2D eigenvalue weighted by atomic mass is 10.2. The topological polar surface area (TPSA) is 154 Å². The highest BCUT2D eigenvalue weighted by Gasteiger charge is 2.26. The molecule has 3 aromatic rings. The highest BCUT2D eigenvalue weighted by atomic mass is 16.6. The lowest BCUT2D eigenvalue weighted by Gasteiger charge is -2.24. The highest BCUT2D eigenvalue weighted by Crippen LogP contribution is 2.28. The number of nitrogens with zero attached hydrogens (tertiary/aromatic N) is 3. The van der Waals surface area contributed by atoms with Crippen molar-refractivity contribution in [3.05, 3.63) is 90.6 Å². The molecule has 0 fully saturated rings. The zero-order valence-electron chi connectivity index (χ0n) is 19.5. The van der Waals surface area contributed by atoms with Crippen LogP contribution in [0.1, 0.15) is 30.9 Å². The van der Waals surface area contributed by atoms with Crippen LogP contribution in [0.15, 0.2) is 58.1 Å². The number of amides is 1. The zero-order chi connectivity index (χ0) is 25.5. The molecule has 3 rings (SSSR count). The van der Waals surface area contributed by atoms with Crippen molar-refractivity contribution in [2.45, 2.75) is 39.8 Å². The number of hydrogen-bond donors (Lipinski definition) is 2. The summed E-state index contributed by atoms with van der Waals surface area (Å²) >= 11 is 0. The number of aromatic nitrogens is 2. The molecule has 11 heteroatoms. The number of rotatable bonds is 10. The number of carbonyl (C=O) groups excluding carboxylic acids is 1. The SMILES string of the molecule is CCCCn1c(N)c(N(Cc2ccccc2)C(=O)COc2cc(C)ccc2[N+](=O)[O-])c(=O)[nH]c1=O. The summed E-state index contributed by atoms with van der Waals surface area (Å²) in [4.78, 5) is 52.6. The first kappa shape index (κ1) is 25.2. The molecule has 0 bridgehead atoms. The van der Waals surface area contributed by atoms with Crippen LogP contribution in [0.3, 0.4) is 0 Å². The Morgan fingerprint density at radius 3 is 2.57 bits per heavy atom. The average molecular weight is 482 g/mol. The fourth-order valence-electron chi connectivity index (χ4n) is 3.54. The van der Waals surface area contributed by atoms with E-state index in [1.807, 2.05) is 13.0 Å². The summed E-state index contributed by atoms with van der Waals surface area (Å²) in [6, 6.07) is 13.2. The molecular formula is C24H27N5O6. The van der Waals surface area contributed by atoms with Gasteiger partial charge in [-0.15, -0.1) is 0 Å². The van der Waals surface area contributed by atoms with Gasteiger partial charge in [-0.2, -0.15) is 0 Å². The highest BCUT2D eigenvalue weighted by molar-refractivity contribution is 5.96. The maximum Gasteiger partial charge on any atom is 0.330 e. The molecule has 1 amide bonds. The van der Waals surface area contributed by atoms with Gasteiger partial charge in [0.05, 0.1) is 11.5 Å². The molecule has 184 valence electrons. The summed E-state index contributed by atoms with van der Waals surface area (Å²) in [6.07, 6.45) is 1.43. The number of H-pyrrole nitrogens is 1. The van der Waals surface area contributed by atoms with Crippen molar-refractivity contribution in [2.24, 2.45) is 0 Å². The van der Waals surface area contributed by atoms with Crippen LogP contribution in [-0.4, -0.2) is 27.0 Å². The largest absolute Gasteiger partial charge is 0.477 e. The van der Waals surface area contributed by atoms with Crippen molar-refractivity contribution in [3.63, 3.8) is 0 Å². The number of aromatic amines is 1. The number of unbranched alkanes of at least 4 members (excludes halogenated alkanes) is 1. The number of nitrogens with one attached hydrogen (secondary N) is 1. The van der Waals surface area contributed by atoms with E-state index in [2.05, 4.69) is 4.98 Å². The van der Waals surface area contributed by atoms with Crippen LogP contribution in [0.2, 0.25) is 0 Å². The molecule has 0 saturated heterocycles. The third-order valence-electron chi connectivity index (χ3n) is 5.37. The minimum atomic E-state index is -0.814. The Hall–Kier alpha value is -4.41. The summed E-state index contributed by atoms with van der Waals surface area (Å²) in [7, 11) is 0. The van der Waals surface area contributed by atoms with Gasteiger partial charge in [0.15, 0.2) is 18.0 Å². The minimum absolute atomic E-state index is 0.0296. The lowest BCUT2D eigenvalue weighted by molar-refractivity contribution is -0.385. The number of carbonyl (C=O) groups is 1. The molecule has 0 atom stereocenters. The maximum atomic E-state index is 13.3. The molecule has 0 radical (unpaired) electrons. The molecule has 11 nitrogen and oxygen atoms in total. The number of ether oxygens (including phenoxy) is 1. The van der Waals surface area contributed by atoms with Crippen molar-refractivity contribution < 1.29 is 14.5 Å². The summed E-state index contributed by atoms with van der Waals surface area (Å²) in [5.74, 6) is -0.877. The van der Waals surface area contributed by atoms with Crippen LogP contribution in [0, 0.1) is 17.0 Å². The monoisotopic (exact) mass is 481 g/mol. The maximum absolute atomic E-state index is 13.3. The third-order valence-corrected chi connectivity index (χ3v) is 5.37. The Labute approximate surface area is 200 Å². The quantitative estimate of drug-likeness (QED) is 0.333. The fourth-order valence-corrected chi connectivity index (χ4v) is 3.54. The van der Waals surface area contributed by atoms with E-state index in [0.29, 0.717) is 17.5 Å². The van der Waals surface area contributed by atoms with Gasteiger partial charge in [0.2, 0.25) is 0 Å². The summed E-state index contributed by atoms with van der Waals surface area (Å²) in [6.45, 7) is 3.33. The van der Waals surface area contributed by atoms with Crippen LogP contribution in [-0.2, 0) is 17.9 Å². The summed E-state index contributed by atoms with van der Waals surface area (Å²) in [5, 5.41) is 11.4. The van der Waals surface area contributed by atoms with Crippen molar-refractivity contribution >= 4 is 23.1 Å². The normalized spacial score (nSPS) is 10.7. The molecule has 0 aliphatic heterocycles. The van der Waals surface area contributed by atoms with Gasteiger partial charge >= 0.3 is 11.4 Å². The van der Waals surface area contributed by atoms with Crippen molar-refractivity contribution in [1.82, 2.24) is 9.55 Å². The van der Waals surface area contributed by atoms with E-state index in [1.54, 1.807) is 37.3 Å². The summed E-state index contributed by atoms with van der Waals surface area (Å²) < 4.78 is 6.75. The minimum Gasteiger partial charge on any atom is -0.477 e. The van der Waals surface area contributed by atoms with Crippen LogP contribution in [0.5, 0.6) is 5.75 Å². The molecule has 1 aromatic heterocycles. The molecule has 0 spiro atoms. The van der Waals surface area contributed by atoms with Crippen molar-refractivity contribution in [3.8, 4) is 5.75 Å². The molecule has 0 aliphatic rings. The zero-order valence-corrected chi connectivity index (χ0v) is 19.5. The van der Waals surface area contributed by atoms with E-state index in [0.717, 1.165) is 11.3 Å². The Kier molecular flexibility index (Phi) is 8.03. The molecule has 2 aromatic carbocycles. The van der Waals surface area contributed by atoms with E-state index < -0.39 is 28.7 Å². The Bertz CT molecular complexity index is 1330. The van der Waals surface area contributed by atoms with Gasteiger partial charge in [-0.05, 0) is 30.5 Å². The van der Waals surface area contributed by atoms with Crippen molar-refractivity contribution in [2.75, 3.05) is 17.2 Å². The molecular weight excluding hydrogens is 454 g/mol. The predicted molar refractivity (Wildman–Crippen MR) is 132 cm³/mol. The number of hydrogen-bond acceptors (Lipinski definition) is 7. The molecule has 0 unspecified atom stereocenters. The second kappa shape index (κ2) is 11.1. The average Bonchev–Trinajstić information content (AvgIpc) is 2.82. The number of nitro benzene ring substituents is 1. The molecule has 35 heavy (non-hydrogen) atoms. The van der Waals surface area contributed by atoms with Gasteiger partial charge in [-0.1, -0.05) is 49.7 Å². The first-order chi connectivity index (χ1) is 16.7. The lowest BCUT2D eigenvalue weighted by Crippen LogP contribution is -2.42. The summed E-state index contributed by atoms with van der Waals surface area (Å²) in [5.41, 5.74) is 5.69. The molecule has 0 aliphatic carbocycles. The van der Waals surface area contributed by atoms with Crippen LogP contribution in [0.25, 0.3) is 0 Å². The smallest absolute Gasteiger partial charge is 0.330 e. The van der Waals surface area contributed by atoms with E-state index in [-0.39, 0.29) is 36.0 Å². The Morgan fingerprint density at radius 1 is 1.20 bits per heavy atom. The van der Waals surface area contributed by atoms with Crippen LogP contribution >= 0.6 is 0 Å². The molecule has 1 heterocycles. The van der Waals surface area contributed by atoms with Crippen molar-refractivity contribution in [1.29, 1.82) is 0 Å². The first-order valence-electron chi connectivity index (χ1n) is 11.1. The van der Waals surface area contributed by atoms with Gasteiger partial charge in [0, 0.05) is 12.6 Å². The third kappa shape index (κ3) is 5.94. The van der Waals surface area contributed by atoms with Gasteiger partial charge in [-0.25, -0.2) is 4.79 Å². The second-order valence-electron chi connectivity index (χ2n) is 7.98. The van der Waals surface area contributed by atoms with Gasteiger partial charge < -0.3 is 10.5 Å². The molecule has 3 N–H and O–H groups in total. The van der Waals surface area contributed by atoms with Crippen LogP contribution < -0.4 is 26.6 Å². The van der Waals surface area contributed by atoms with Gasteiger partial charge in [0.1, 0.15) is 5.82 Å². The predicted octanol–water partition coefficient (Wildman–Crippen LogP) is 2.75. The van der Waals surface area contributed by atoms with E-state index >= 15 is 0 Å². The Balaban J connectivity index is 2.01. The van der Waals surface area contributed by atoms with E-state index in [1.165, 1.54) is 16.7 Å². The number of anilines is 2. The standard InChI is InChI=1S/C24H27N5O6/c1-3-4-12-27-22(25)21(23(31)26-24(27)32)28(14-17-8-6-5-7-9-17)20(30)15-35-19-13-16(2)10-11-18(19)29(33)34/h5-11,13H,3-4,12,14-15,25H2,1-2H3,(H,26,31,32). The van der Waals surface area contributed by atoms with Gasteiger partial charge in [0.25, 0.3) is 11.5 Å². The Morgan fingerprint density at radius 2 is 1.91 bits per heavy atom. The molecule has 0 saturated carbocycles. The second-order valence-corrected chi connectivity index (χ2v) is 7.98. The van der Waals surface area contributed by atoms with E-state index in [4.69, 9.17) is 10.5 Å². The van der Waals surface area contributed by atoms with E-state index in [9.17, 15) is 24.5 Å². The van der Waals surface area contributed by atoms with Gasteiger partial charge in [-0.3, -0.25) is 34.2 Å². The number of aryl methyl sites for hydroxylation is 1.